The van der Waals surface area contributed by atoms with Crippen LogP contribution in [0.25, 0.3) is 0 Å². The van der Waals surface area contributed by atoms with Gasteiger partial charge in [-0.2, -0.15) is 13.2 Å². The molecule has 1 unspecified atom stereocenters. The van der Waals surface area contributed by atoms with Crippen LogP contribution in [0.15, 0.2) is 18.2 Å². The van der Waals surface area contributed by atoms with Gasteiger partial charge in [-0.15, -0.1) is 0 Å². The minimum atomic E-state index is -4.61. The SMILES string of the molecule is CC(C)C(CN)CNc1ccc(C(F)(F)F)cc1[N+](=O)[O-]. The summed E-state index contributed by atoms with van der Waals surface area (Å²) in [6.07, 6.45) is -4.61. The number of nitro groups is 1. The Kier molecular flexibility index (Phi) is 5.54. The van der Waals surface area contributed by atoms with E-state index >= 15 is 0 Å². The lowest BCUT2D eigenvalue weighted by Crippen LogP contribution is -2.27. The van der Waals surface area contributed by atoms with Gasteiger partial charge in [0.25, 0.3) is 5.69 Å². The minimum Gasteiger partial charge on any atom is -0.379 e. The highest BCUT2D eigenvalue weighted by molar-refractivity contribution is 5.63. The largest absolute Gasteiger partial charge is 0.416 e. The van der Waals surface area contributed by atoms with Crippen LogP contribution in [0.5, 0.6) is 0 Å². The lowest BCUT2D eigenvalue weighted by molar-refractivity contribution is -0.384. The van der Waals surface area contributed by atoms with Gasteiger partial charge < -0.3 is 11.1 Å². The Morgan fingerprint density at radius 1 is 1.38 bits per heavy atom. The molecule has 8 heteroatoms. The third-order valence-electron chi connectivity index (χ3n) is 3.32. The van der Waals surface area contributed by atoms with Crippen molar-refractivity contribution in [3.8, 4) is 0 Å². The smallest absolute Gasteiger partial charge is 0.379 e. The van der Waals surface area contributed by atoms with Crippen LogP contribution in [-0.2, 0) is 6.18 Å². The number of anilines is 1. The van der Waals surface area contributed by atoms with Gasteiger partial charge in [0.05, 0.1) is 10.5 Å². The molecule has 1 rings (SSSR count). The highest BCUT2D eigenvalue weighted by Gasteiger charge is 2.33. The molecule has 0 spiro atoms. The van der Waals surface area contributed by atoms with E-state index in [0.29, 0.717) is 19.2 Å². The van der Waals surface area contributed by atoms with Crippen molar-refractivity contribution in [2.75, 3.05) is 18.4 Å². The maximum Gasteiger partial charge on any atom is 0.416 e. The molecular formula is C13H18F3N3O2. The fraction of sp³-hybridized carbons (Fsp3) is 0.538. The molecule has 0 aliphatic carbocycles. The van der Waals surface area contributed by atoms with Crippen LogP contribution in [0.2, 0.25) is 0 Å². The van der Waals surface area contributed by atoms with Gasteiger partial charge in [0.15, 0.2) is 0 Å². The second kappa shape index (κ2) is 6.75. The van der Waals surface area contributed by atoms with Crippen molar-refractivity contribution in [3.63, 3.8) is 0 Å². The maximum absolute atomic E-state index is 12.6. The van der Waals surface area contributed by atoms with E-state index in [1.54, 1.807) is 0 Å². The van der Waals surface area contributed by atoms with Crippen molar-refractivity contribution >= 4 is 11.4 Å². The molecule has 0 fully saturated rings. The fourth-order valence-corrected chi connectivity index (χ4v) is 1.84. The first-order valence-electron chi connectivity index (χ1n) is 6.46. The van der Waals surface area contributed by atoms with Gasteiger partial charge >= 0.3 is 6.18 Å². The van der Waals surface area contributed by atoms with E-state index in [1.807, 2.05) is 13.8 Å². The molecule has 0 saturated carbocycles. The summed E-state index contributed by atoms with van der Waals surface area (Å²) in [7, 11) is 0. The predicted octanol–water partition coefficient (Wildman–Crippen LogP) is 3.26. The summed E-state index contributed by atoms with van der Waals surface area (Å²) in [6.45, 7) is 4.67. The number of nitrogens with one attached hydrogen (secondary N) is 1. The molecule has 1 atom stereocenters. The number of hydrogen-bond donors (Lipinski definition) is 2. The van der Waals surface area contributed by atoms with Crippen molar-refractivity contribution in [1.29, 1.82) is 0 Å². The first-order chi connectivity index (χ1) is 9.66. The van der Waals surface area contributed by atoms with Crippen LogP contribution in [-0.4, -0.2) is 18.0 Å². The summed E-state index contributed by atoms with van der Waals surface area (Å²) in [5.74, 6) is 0.336. The molecule has 0 heterocycles. The van der Waals surface area contributed by atoms with Gasteiger partial charge in [-0.1, -0.05) is 13.8 Å². The van der Waals surface area contributed by atoms with Crippen LogP contribution < -0.4 is 11.1 Å². The third kappa shape index (κ3) is 4.59. The van der Waals surface area contributed by atoms with Crippen molar-refractivity contribution in [2.45, 2.75) is 20.0 Å². The molecule has 0 radical (unpaired) electrons. The van der Waals surface area contributed by atoms with Gasteiger partial charge in [0.2, 0.25) is 0 Å². The number of hydrogen-bond acceptors (Lipinski definition) is 4. The number of nitrogens with zero attached hydrogens (tertiary/aromatic N) is 1. The van der Waals surface area contributed by atoms with E-state index < -0.39 is 22.4 Å². The van der Waals surface area contributed by atoms with E-state index in [9.17, 15) is 23.3 Å². The second-order valence-electron chi connectivity index (χ2n) is 5.11. The lowest BCUT2D eigenvalue weighted by Gasteiger charge is -2.20. The van der Waals surface area contributed by atoms with Crippen LogP contribution in [0.4, 0.5) is 24.5 Å². The summed E-state index contributed by atoms with van der Waals surface area (Å²) in [6, 6.07) is 2.44. The number of rotatable bonds is 6. The third-order valence-corrected chi connectivity index (χ3v) is 3.32. The van der Waals surface area contributed by atoms with E-state index in [1.165, 1.54) is 0 Å². The summed E-state index contributed by atoms with van der Waals surface area (Å²) >= 11 is 0. The Morgan fingerprint density at radius 2 is 2.00 bits per heavy atom. The molecule has 0 aliphatic heterocycles. The summed E-state index contributed by atoms with van der Waals surface area (Å²) < 4.78 is 37.7. The van der Waals surface area contributed by atoms with Crippen molar-refractivity contribution < 1.29 is 18.1 Å². The number of alkyl halides is 3. The monoisotopic (exact) mass is 305 g/mol. The minimum absolute atomic E-state index is 0.0621. The number of halogens is 3. The Balaban J connectivity index is 3.00. The molecule has 118 valence electrons. The molecule has 0 saturated heterocycles. The Morgan fingerprint density at radius 3 is 2.43 bits per heavy atom. The zero-order valence-corrected chi connectivity index (χ0v) is 11.8. The molecule has 0 bridgehead atoms. The molecule has 0 aromatic heterocycles. The van der Waals surface area contributed by atoms with Gasteiger partial charge in [-0.25, -0.2) is 0 Å². The number of benzene rings is 1. The van der Waals surface area contributed by atoms with Gasteiger partial charge in [-0.05, 0) is 30.5 Å². The molecule has 0 aliphatic rings. The Hall–Kier alpha value is -1.83. The highest BCUT2D eigenvalue weighted by atomic mass is 19.4. The predicted molar refractivity (Wildman–Crippen MR) is 74.0 cm³/mol. The summed E-state index contributed by atoms with van der Waals surface area (Å²) in [5.41, 5.74) is 4.02. The maximum atomic E-state index is 12.6. The normalized spacial score (nSPS) is 13.3. The zero-order chi connectivity index (χ0) is 16.2. The van der Waals surface area contributed by atoms with Gasteiger partial charge in [0, 0.05) is 12.6 Å². The number of nitro benzene ring substituents is 1. The quantitative estimate of drug-likeness (QED) is 0.624. The average Bonchev–Trinajstić information content (AvgIpc) is 2.37. The fourth-order valence-electron chi connectivity index (χ4n) is 1.84. The summed E-state index contributed by atoms with van der Waals surface area (Å²) in [4.78, 5) is 10.1. The molecule has 3 N–H and O–H groups in total. The molecule has 1 aromatic rings. The topological polar surface area (TPSA) is 81.2 Å². The molecular weight excluding hydrogens is 287 g/mol. The standard InChI is InChI=1S/C13H18F3N3O2/c1-8(2)9(6-17)7-18-11-4-3-10(13(14,15)16)5-12(11)19(20)21/h3-5,8-9,18H,6-7,17H2,1-2H3. The van der Waals surface area contributed by atoms with Crippen LogP contribution in [0.3, 0.4) is 0 Å². The van der Waals surface area contributed by atoms with E-state index in [2.05, 4.69) is 5.32 Å². The average molecular weight is 305 g/mol. The first kappa shape index (κ1) is 17.2. The van der Waals surface area contributed by atoms with E-state index in [-0.39, 0.29) is 17.5 Å². The Labute approximate surface area is 120 Å². The highest BCUT2D eigenvalue weighted by Crippen LogP contribution is 2.35. The van der Waals surface area contributed by atoms with Crippen molar-refractivity contribution in [1.82, 2.24) is 0 Å². The Bertz CT molecular complexity index is 504. The summed E-state index contributed by atoms with van der Waals surface area (Å²) in [5, 5.41) is 13.7. The molecule has 0 amide bonds. The van der Waals surface area contributed by atoms with Crippen LogP contribution >= 0.6 is 0 Å². The molecule has 1 aromatic carbocycles. The van der Waals surface area contributed by atoms with E-state index in [0.717, 1.165) is 12.1 Å². The second-order valence-corrected chi connectivity index (χ2v) is 5.11. The van der Waals surface area contributed by atoms with Crippen molar-refractivity contribution in [3.05, 3.63) is 33.9 Å². The lowest BCUT2D eigenvalue weighted by atomic mass is 9.96. The van der Waals surface area contributed by atoms with Crippen LogP contribution in [0, 0.1) is 22.0 Å². The van der Waals surface area contributed by atoms with Crippen molar-refractivity contribution in [2.24, 2.45) is 17.6 Å². The molecule has 5 nitrogen and oxygen atoms in total. The van der Waals surface area contributed by atoms with E-state index in [4.69, 9.17) is 5.73 Å². The van der Waals surface area contributed by atoms with Crippen LogP contribution in [0.1, 0.15) is 19.4 Å². The van der Waals surface area contributed by atoms with Gasteiger partial charge in [-0.3, -0.25) is 10.1 Å². The molecule has 21 heavy (non-hydrogen) atoms. The van der Waals surface area contributed by atoms with Gasteiger partial charge in [0.1, 0.15) is 5.69 Å². The zero-order valence-electron chi connectivity index (χ0n) is 11.8. The number of nitrogens with two attached hydrogens (primary N) is 1. The first-order valence-corrected chi connectivity index (χ1v) is 6.46.